The van der Waals surface area contributed by atoms with Gasteiger partial charge in [0.05, 0.1) is 18.4 Å². The monoisotopic (exact) mass is 376 g/mol. The quantitative estimate of drug-likeness (QED) is 0.740. The first kappa shape index (κ1) is 15.7. The maximum atomic E-state index is 12.3. The van der Waals surface area contributed by atoms with E-state index in [-0.39, 0.29) is 5.56 Å². The van der Waals surface area contributed by atoms with Crippen molar-refractivity contribution in [2.75, 3.05) is 6.61 Å². The zero-order chi connectivity index (χ0) is 16.4. The SMILES string of the molecule is CCCn1ncc2c(=O)[nH]c(-c3cc(Br)ccc3OCC)nc21. The number of aromatic nitrogens is 4. The molecule has 1 aromatic carbocycles. The van der Waals surface area contributed by atoms with Crippen LogP contribution in [-0.4, -0.2) is 26.4 Å². The third-order valence-electron chi connectivity index (χ3n) is 3.44. The Hall–Kier alpha value is -2.15. The van der Waals surface area contributed by atoms with Gasteiger partial charge >= 0.3 is 0 Å². The van der Waals surface area contributed by atoms with E-state index in [0.29, 0.717) is 29.2 Å². The number of nitrogens with zero attached hydrogens (tertiary/aromatic N) is 3. The van der Waals surface area contributed by atoms with Gasteiger partial charge in [0.1, 0.15) is 17.0 Å². The molecule has 0 bridgehead atoms. The lowest BCUT2D eigenvalue weighted by Gasteiger charge is -2.10. The van der Waals surface area contributed by atoms with E-state index in [1.54, 1.807) is 10.9 Å². The molecule has 0 spiro atoms. The molecule has 3 rings (SSSR count). The van der Waals surface area contributed by atoms with Crippen LogP contribution in [-0.2, 0) is 6.54 Å². The topological polar surface area (TPSA) is 72.8 Å². The zero-order valence-electron chi connectivity index (χ0n) is 13.0. The summed E-state index contributed by atoms with van der Waals surface area (Å²) in [5.74, 6) is 1.16. The minimum absolute atomic E-state index is 0.199. The van der Waals surface area contributed by atoms with E-state index < -0.39 is 0 Å². The standard InChI is InChI=1S/C16H17BrN4O2/c1-3-7-21-15-12(9-18-21)16(22)20-14(19-15)11-8-10(17)5-6-13(11)23-4-2/h5-6,8-9H,3-4,7H2,1-2H3,(H,19,20,22). The first-order valence-electron chi connectivity index (χ1n) is 7.52. The van der Waals surface area contributed by atoms with Crippen molar-refractivity contribution in [2.24, 2.45) is 0 Å². The highest BCUT2D eigenvalue weighted by Crippen LogP contribution is 2.30. The van der Waals surface area contributed by atoms with Gasteiger partial charge in [-0.1, -0.05) is 22.9 Å². The Labute approximate surface area is 141 Å². The van der Waals surface area contributed by atoms with Crippen LogP contribution in [0.3, 0.4) is 0 Å². The Bertz CT molecular complexity index is 901. The molecular formula is C16H17BrN4O2. The summed E-state index contributed by atoms with van der Waals surface area (Å²) >= 11 is 3.45. The van der Waals surface area contributed by atoms with Crippen LogP contribution >= 0.6 is 15.9 Å². The molecule has 3 aromatic rings. The maximum Gasteiger partial charge on any atom is 0.262 e. The number of rotatable bonds is 5. The molecule has 23 heavy (non-hydrogen) atoms. The fraction of sp³-hybridized carbons (Fsp3) is 0.312. The second kappa shape index (κ2) is 6.54. The largest absolute Gasteiger partial charge is 0.493 e. The summed E-state index contributed by atoms with van der Waals surface area (Å²) in [7, 11) is 0. The van der Waals surface area contributed by atoms with Crippen LogP contribution in [0.5, 0.6) is 5.75 Å². The Balaban J connectivity index is 2.22. The van der Waals surface area contributed by atoms with Crippen LogP contribution < -0.4 is 10.3 Å². The van der Waals surface area contributed by atoms with Gasteiger partial charge in [0.15, 0.2) is 5.65 Å². The summed E-state index contributed by atoms with van der Waals surface area (Å²) in [6.07, 6.45) is 2.48. The Morgan fingerprint density at radius 3 is 2.91 bits per heavy atom. The molecule has 2 heterocycles. The van der Waals surface area contributed by atoms with Gasteiger partial charge in [0, 0.05) is 11.0 Å². The smallest absolute Gasteiger partial charge is 0.262 e. The van der Waals surface area contributed by atoms with Crippen LogP contribution in [0.1, 0.15) is 20.3 Å². The van der Waals surface area contributed by atoms with Crippen LogP contribution in [0, 0.1) is 0 Å². The molecule has 2 aromatic heterocycles. The second-order valence-electron chi connectivity index (χ2n) is 5.09. The summed E-state index contributed by atoms with van der Waals surface area (Å²) in [5, 5.41) is 4.75. The highest BCUT2D eigenvalue weighted by Gasteiger charge is 2.14. The molecule has 0 aliphatic heterocycles. The van der Waals surface area contributed by atoms with Crippen LogP contribution in [0.4, 0.5) is 0 Å². The van der Waals surface area contributed by atoms with Crippen LogP contribution in [0.2, 0.25) is 0 Å². The Morgan fingerprint density at radius 2 is 2.17 bits per heavy atom. The summed E-state index contributed by atoms with van der Waals surface area (Å²) in [6.45, 7) is 5.23. The molecule has 6 nitrogen and oxygen atoms in total. The average molecular weight is 377 g/mol. The number of H-pyrrole nitrogens is 1. The zero-order valence-corrected chi connectivity index (χ0v) is 14.6. The van der Waals surface area contributed by atoms with Crippen molar-refractivity contribution in [3.8, 4) is 17.1 Å². The predicted molar refractivity (Wildman–Crippen MR) is 92.7 cm³/mol. The number of nitrogens with one attached hydrogen (secondary N) is 1. The van der Waals surface area contributed by atoms with E-state index in [1.807, 2.05) is 25.1 Å². The van der Waals surface area contributed by atoms with Gasteiger partial charge in [-0.2, -0.15) is 5.10 Å². The van der Waals surface area contributed by atoms with E-state index in [4.69, 9.17) is 4.74 Å². The van der Waals surface area contributed by atoms with Gasteiger partial charge in [-0.05, 0) is 31.5 Å². The van der Waals surface area contributed by atoms with E-state index in [0.717, 1.165) is 23.0 Å². The number of aryl methyl sites for hydroxylation is 1. The lowest BCUT2D eigenvalue weighted by molar-refractivity contribution is 0.341. The third kappa shape index (κ3) is 3.01. The van der Waals surface area contributed by atoms with Crippen molar-refractivity contribution in [2.45, 2.75) is 26.8 Å². The Kier molecular flexibility index (Phi) is 4.47. The molecule has 0 saturated carbocycles. The number of fused-ring (bicyclic) bond motifs is 1. The minimum Gasteiger partial charge on any atom is -0.493 e. The fourth-order valence-electron chi connectivity index (χ4n) is 2.44. The normalized spacial score (nSPS) is 11.1. The number of benzene rings is 1. The van der Waals surface area contributed by atoms with E-state index in [2.05, 4.69) is 37.9 Å². The van der Waals surface area contributed by atoms with Crippen molar-refractivity contribution in [1.82, 2.24) is 19.7 Å². The molecule has 0 aliphatic rings. The molecule has 0 fully saturated rings. The van der Waals surface area contributed by atoms with Gasteiger partial charge in [0.2, 0.25) is 0 Å². The molecule has 0 amide bonds. The number of ether oxygens (including phenoxy) is 1. The summed E-state index contributed by atoms with van der Waals surface area (Å²) in [6, 6.07) is 5.64. The molecule has 0 unspecified atom stereocenters. The minimum atomic E-state index is -0.199. The third-order valence-corrected chi connectivity index (χ3v) is 3.93. The number of aromatic amines is 1. The summed E-state index contributed by atoms with van der Waals surface area (Å²) in [5.41, 5.74) is 1.13. The van der Waals surface area contributed by atoms with Crippen molar-refractivity contribution in [1.29, 1.82) is 0 Å². The van der Waals surface area contributed by atoms with E-state index in [9.17, 15) is 4.79 Å². The van der Waals surface area contributed by atoms with Crippen molar-refractivity contribution < 1.29 is 4.74 Å². The molecule has 0 saturated heterocycles. The summed E-state index contributed by atoms with van der Waals surface area (Å²) in [4.78, 5) is 19.8. The van der Waals surface area contributed by atoms with Gasteiger partial charge in [0.25, 0.3) is 5.56 Å². The number of hydrogen-bond donors (Lipinski definition) is 1. The van der Waals surface area contributed by atoms with Crippen LogP contribution in [0.25, 0.3) is 22.4 Å². The van der Waals surface area contributed by atoms with Gasteiger partial charge in [-0.15, -0.1) is 0 Å². The van der Waals surface area contributed by atoms with Gasteiger partial charge in [-0.3, -0.25) is 4.79 Å². The van der Waals surface area contributed by atoms with E-state index in [1.165, 1.54) is 0 Å². The highest BCUT2D eigenvalue weighted by atomic mass is 79.9. The molecule has 0 atom stereocenters. The lowest BCUT2D eigenvalue weighted by Crippen LogP contribution is -2.11. The molecular weight excluding hydrogens is 360 g/mol. The van der Waals surface area contributed by atoms with Gasteiger partial charge in [-0.25, -0.2) is 9.67 Å². The first-order chi connectivity index (χ1) is 11.1. The molecule has 0 aliphatic carbocycles. The highest BCUT2D eigenvalue weighted by molar-refractivity contribution is 9.10. The van der Waals surface area contributed by atoms with Crippen molar-refractivity contribution >= 4 is 27.0 Å². The maximum absolute atomic E-state index is 12.3. The van der Waals surface area contributed by atoms with Crippen LogP contribution in [0.15, 0.2) is 33.7 Å². The molecule has 1 N–H and O–H groups in total. The fourth-order valence-corrected chi connectivity index (χ4v) is 2.80. The lowest BCUT2D eigenvalue weighted by atomic mass is 10.2. The van der Waals surface area contributed by atoms with Crippen molar-refractivity contribution in [3.63, 3.8) is 0 Å². The first-order valence-corrected chi connectivity index (χ1v) is 8.32. The predicted octanol–water partition coefficient (Wildman–Crippen LogP) is 3.36. The molecule has 0 radical (unpaired) electrons. The number of hydrogen-bond acceptors (Lipinski definition) is 4. The average Bonchev–Trinajstić information content (AvgIpc) is 2.93. The summed E-state index contributed by atoms with van der Waals surface area (Å²) < 4.78 is 8.30. The van der Waals surface area contributed by atoms with Gasteiger partial charge < -0.3 is 9.72 Å². The number of halogens is 1. The Morgan fingerprint density at radius 1 is 1.35 bits per heavy atom. The van der Waals surface area contributed by atoms with E-state index >= 15 is 0 Å². The molecule has 120 valence electrons. The molecule has 7 heteroatoms. The second-order valence-corrected chi connectivity index (χ2v) is 6.01. The van der Waals surface area contributed by atoms with Crippen molar-refractivity contribution in [3.05, 3.63) is 39.2 Å².